The highest BCUT2D eigenvalue weighted by Gasteiger charge is 2.05. The number of halogens is 1. The van der Waals surface area contributed by atoms with Crippen LogP contribution in [0.5, 0.6) is 0 Å². The van der Waals surface area contributed by atoms with Gasteiger partial charge in [-0.05, 0) is 31.5 Å². The Morgan fingerprint density at radius 3 is 2.56 bits per heavy atom. The van der Waals surface area contributed by atoms with Crippen LogP contribution in [-0.4, -0.2) is 17.8 Å². The lowest BCUT2D eigenvalue weighted by molar-refractivity contribution is -0.144. The zero-order chi connectivity index (χ0) is 12.0. The van der Waals surface area contributed by atoms with Crippen LogP contribution in [0.1, 0.15) is 19.4 Å². The number of hydrogen-bond acceptors (Lipinski definition) is 3. The first-order chi connectivity index (χ1) is 7.58. The molecule has 0 bridgehead atoms. The van der Waals surface area contributed by atoms with Crippen LogP contribution in [0.25, 0.3) is 0 Å². The highest BCUT2D eigenvalue weighted by molar-refractivity contribution is 7.99. The molecule has 88 valence electrons. The second-order valence-electron chi connectivity index (χ2n) is 3.66. The van der Waals surface area contributed by atoms with Crippen LogP contribution >= 0.6 is 23.4 Å². The molecule has 0 aliphatic carbocycles. The maximum Gasteiger partial charge on any atom is 0.316 e. The first-order valence-corrected chi connectivity index (χ1v) is 6.63. The summed E-state index contributed by atoms with van der Waals surface area (Å²) in [5.74, 6) is 1.03. The first kappa shape index (κ1) is 13.4. The smallest absolute Gasteiger partial charge is 0.316 e. The van der Waals surface area contributed by atoms with E-state index in [1.165, 1.54) is 0 Å². The van der Waals surface area contributed by atoms with Gasteiger partial charge >= 0.3 is 5.97 Å². The average molecular weight is 259 g/mol. The predicted octanol–water partition coefficient (Wildman–Crippen LogP) is 3.52. The fourth-order valence-corrected chi connectivity index (χ4v) is 2.02. The number of rotatable bonds is 5. The van der Waals surface area contributed by atoms with Crippen LogP contribution in [0.15, 0.2) is 24.3 Å². The topological polar surface area (TPSA) is 26.3 Å². The summed E-state index contributed by atoms with van der Waals surface area (Å²) in [7, 11) is 0. The molecule has 0 N–H and O–H groups in total. The van der Waals surface area contributed by atoms with E-state index in [4.69, 9.17) is 16.3 Å². The highest BCUT2D eigenvalue weighted by atomic mass is 35.5. The third-order valence-electron chi connectivity index (χ3n) is 1.77. The van der Waals surface area contributed by atoms with Gasteiger partial charge in [0.05, 0.1) is 11.9 Å². The van der Waals surface area contributed by atoms with Crippen molar-refractivity contribution in [1.82, 2.24) is 0 Å². The Hall–Kier alpha value is -0.670. The van der Waals surface area contributed by atoms with Crippen molar-refractivity contribution in [2.45, 2.75) is 25.7 Å². The third-order valence-corrected chi connectivity index (χ3v) is 3.00. The molecule has 4 heteroatoms. The Morgan fingerprint density at radius 2 is 2.00 bits per heavy atom. The summed E-state index contributed by atoms with van der Waals surface area (Å²) in [6, 6.07) is 7.62. The lowest BCUT2D eigenvalue weighted by atomic mass is 10.2. The Labute approximate surface area is 105 Å². The monoisotopic (exact) mass is 258 g/mol. The molecule has 0 atom stereocenters. The van der Waals surface area contributed by atoms with Gasteiger partial charge in [0.2, 0.25) is 0 Å². The van der Waals surface area contributed by atoms with E-state index in [1.54, 1.807) is 11.8 Å². The zero-order valence-electron chi connectivity index (χ0n) is 9.40. The lowest BCUT2D eigenvalue weighted by Gasteiger charge is -2.07. The fourth-order valence-electron chi connectivity index (χ4n) is 1.13. The van der Waals surface area contributed by atoms with Crippen LogP contribution in [0, 0.1) is 0 Å². The van der Waals surface area contributed by atoms with Crippen molar-refractivity contribution in [2.24, 2.45) is 0 Å². The number of carbonyl (C=O) groups is 1. The van der Waals surface area contributed by atoms with Gasteiger partial charge in [-0.2, -0.15) is 0 Å². The molecule has 1 rings (SSSR count). The van der Waals surface area contributed by atoms with Crippen molar-refractivity contribution >= 4 is 29.3 Å². The number of esters is 1. The molecule has 0 heterocycles. The molecule has 2 nitrogen and oxygen atoms in total. The molecular weight excluding hydrogens is 244 g/mol. The molecule has 0 fully saturated rings. The van der Waals surface area contributed by atoms with E-state index >= 15 is 0 Å². The predicted molar refractivity (Wildman–Crippen MR) is 68.8 cm³/mol. The van der Waals surface area contributed by atoms with Gasteiger partial charge in [-0.3, -0.25) is 4.79 Å². The minimum absolute atomic E-state index is 0.0383. The molecular formula is C12H15ClO2S. The van der Waals surface area contributed by atoms with Crippen LogP contribution in [0.3, 0.4) is 0 Å². The summed E-state index contributed by atoms with van der Waals surface area (Å²) in [6.45, 7) is 3.70. The highest BCUT2D eigenvalue weighted by Crippen LogP contribution is 2.15. The van der Waals surface area contributed by atoms with Gasteiger partial charge in [0, 0.05) is 10.8 Å². The van der Waals surface area contributed by atoms with E-state index in [0.717, 1.165) is 16.3 Å². The van der Waals surface area contributed by atoms with Gasteiger partial charge in [-0.25, -0.2) is 0 Å². The maximum atomic E-state index is 11.2. The molecule has 0 saturated carbocycles. The largest absolute Gasteiger partial charge is 0.462 e. The maximum absolute atomic E-state index is 11.2. The molecule has 0 saturated heterocycles. The Bertz CT molecular complexity index is 335. The Kier molecular flexibility index (Phi) is 5.71. The molecule has 0 aliphatic heterocycles. The summed E-state index contributed by atoms with van der Waals surface area (Å²) in [5, 5.41) is 0.730. The van der Waals surface area contributed by atoms with E-state index in [-0.39, 0.29) is 12.1 Å². The van der Waals surface area contributed by atoms with Gasteiger partial charge in [0.1, 0.15) is 0 Å². The SMILES string of the molecule is CC(C)OC(=O)CSCc1ccc(Cl)cc1. The normalized spacial score (nSPS) is 10.5. The van der Waals surface area contributed by atoms with Crippen LogP contribution in [0.2, 0.25) is 5.02 Å². The fraction of sp³-hybridized carbons (Fsp3) is 0.417. The van der Waals surface area contributed by atoms with Crippen molar-refractivity contribution in [1.29, 1.82) is 0 Å². The average Bonchev–Trinajstić information content (AvgIpc) is 2.20. The molecule has 0 amide bonds. The molecule has 16 heavy (non-hydrogen) atoms. The van der Waals surface area contributed by atoms with Crippen molar-refractivity contribution in [3.05, 3.63) is 34.9 Å². The summed E-state index contributed by atoms with van der Waals surface area (Å²) in [5.41, 5.74) is 1.16. The molecule has 0 unspecified atom stereocenters. The summed E-state index contributed by atoms with van der Waals surface area (Å²) in [6.07, 6.45) is -0.0383. The van der Waals surface area contributed by atoms with E-state index < -0.39 is 0 Å². The summed E-state index contributed by atoms with van der Waals surface area (Å²) in [4.78, 5) is 11.2. The van der Waals surface area contributed by atoms with Crippen molar-refractivity contribution in [3.63, 3.8) is 0 Å². The number of ether oxygens (including phenoxy) is 1. The Balaban J connectivity index is 2.25. The summed E-state index contributed by atoms with van der Waals surface area (Å²) < 4.78 is 5.03. The zero-order valence-corrected chi connectivity index (χ0v) is 11.0. The number of benzene rings is 1. The molecule has 0 radical (unpaired) electrons. The first-order valence-electron chi connectivity index (χ1n) is 5.09. The minimum Gasteiger partial charge on any atom is -0.462 e. The van der Waals surface area contributed by atoms with Gasteiger partial charge in [-0.15, -0.1) is 11.8 Å². The number of thioether (sulfide) groups is 1. The van der Waals surface area contributed by atoms with E-state index in [9.17, 15) is 4.79 Å². The van der Waals surface area contributed by atoms with Gasteiger partial charge in [-0.1, -0.05) is 23.7 Å². The molecule has 1 aromatic carbocycles. The van der Waals surface area contributed by atoms with Crippen LogP contribution in [-0.2, 0) is 15.3 Å². The molecule has 0 spiro atoms. The van der Waals surface area contributed by atoms with Gasteiger partial charge in [0.15, 0.2) is 0 Å². The molecule has 1 aromatic rings. The van der Waals surface area contributed by atoms with Crippen LogP contribution in [0.4, 0.5) is 0 Å². The standard InChI is InChI=1S/C12H15ClO2S/c1-9(2)15-12(14)8-16-7-10-3-5-11(13)6-4-10/h3-6,9H,7-8H2,1-2H3. The molecule has 0 aromatic heterocycles. The molecule has 0 aliphatic rings. The second-order valence-corrected chi connectivity index (χ2v) is 5.08. The van der Waals surface area contributed by atoms with Crippen molar-refractivity contribution in [2.75, 3.05) is 5.75 Å². The van der Waals surface area contributed by atoms with E-state index in [2.05, 4.69) is 0 Å². The lowest BCUT2D eigenvalue weighted by Crippen LogP contribution is -2.13. The minimum atomic E-state index is -0.158. The Morgan fingerprint density at radius 1 is 1.38 bits per heavy atom. The van der Waals surface area contributed by atoms with E-state index in [1.807, 2.05) is 38.1 Å². The quantitative estimate of drug-likeness (QED) is 0.756. The van der Waals surface area contributed by atoms with Crippen molar-refractivity contribution in [3.8, 4) is 0 Å². The van der Waals surface area contributed by atoms with Crippen LogP contribution < -0.4 is 0 Å². The van der Waals surface area contributed by atoms with Crippen molar-refractivity contribution < 1.29 is 9.53 Å². The summed E-state index contributed by atoms with van der Waals surface area (Å²) >= 11 is 7.32. The van der Waals surface area contributed by atoms with Gasteiger partial charge < -0.3 is 4.74 Å². The van der Waals surface area contributed by atoms with E-state index in [0.29, 0.717) is 5.75 Å². The second kappa shape index (κ2) is 6.81. The third kappa shape index (κ3) is 5.42. The number of carbonyl (C=O) groups excluding carboxylic acids is 1. The number of hydrogen-bond donors (Lipinski definition) is 0. The van der Waals surface area contributed by atoms with Gasteiger partial charge in [0.25, 0.3) is 0 Å².